The van der Waals surface area contributed by atoms with Crippen molar-refractivity contribution in [1.29, 1.82) is 0 Å². The number of rotatable bonds is 7. The zero-order valence-electron chi connectivity index (χ0n) is 27.4. The van der Waals surface area contributed by atoms with Gasteiger partial charge in [0.05, 0.1) is 7.11 Å². The summed E-state index contributed by atoms with van der Waals surface area (Å²) in [5.41, 5.74) is 1.96. The Bertz CT molecular complexity index is 1330. The van der Waals surface area contributed by atoms with Crippen LogP contribution in [-0.2, 0) is 36.9 Å². The Morgan fingerprint density at radius 2 is 1.61 bits per heavy atom. The molecule has 2 heterocycles. The molecule has 0 spiro atoms. The minimum absolute atomic E-state index is 0.0625. The number of amides is 5. The second-order valence-electron chi connectivity index (χ2n) is 11.6. The van der Waals surface area contributed by atoms with Gasteiger partial charge in [0.2, 0.25) is 23.6 Å². The lowest BCUT2D eigenvalue weighted by atomic mass is 9.96. The molecule has 4 N–H and O–H groups in total. The van der Waals surface area contributed by atoms with E-state index in [-0.39, 0.29) is 30.8 Å². The molecule has 0 fully saturated rings. The summed E-state index contributed by atoms with van der Waals surface area (Å²) in [6.45, 7) is 6.41. The number of carbonyl (C=O) groups is 5. The predicted molar refractivity (Wildman–Crippen MR) is 173 cm³/mol. The summed E-state index contributed by atoms with van der Waals surface area (Å²) >= 11 is 0. The van der Waals surface area contributed by atoms with Crippen LogP contribution in [0.25, 0.3) is 0 Å². The molecule has 46 heavy (non-hydrogen) atoms. The monoisotopic (exact) mass is 637 g/mol. The number of hydrogen-bond donors (Lipinski definition) is 4. The number of nitrogens with zero attached hydrogens (tertiary/aromatic N) is 1. The predicted octanol–water partition coefficient (Wildman–Crippen LogP) is 1.96. The van der Waals surface area contributed by atoms with Crippen LogP contribution in [0, 0.1) is 5.92 Å². The molecule has 2 aliphatic rings. The van der Waals surface area contributed by atoms with Crippen LogP contribution in [0.5, 0.6) is 5.75 Å². The fraction of sp³-hybridized carbons (Fsp3) is 0.500. The van der Waals surface area contributed by atoms with Gasteiger partial charge in [-0.3, -0.25) is 24.0 Å². The number of carbonyl (C=O) groups excluding carboxylic acids is 5. The largest absolute Gasteiger partial charge is 0.497 e. The van der Waals surface area contributed by atoms with Crippen molar-refractivity contribution in [1.82, 2.24) is 26.2 Å². The zero-order valence-corrected chi connectivity index (χ0v) is 27.4. The van der Waals surface area contributed by atoms with E-state index in [0.29, 0.717) is 50.2 Å². The zero-order chi connectivity index (χ0) is 33.6. The van der Waals surface area contributed by atoms with Crippen molar-refractivity contribution in [2.45, 2.75) is 71.1 Å². The van der Waals surface area contributed by atoms with E-state index in [0.717, 1.165) is 11.1 Å². The second-order valence-corrected chi connectivity index (χ2v) is 11.6. The van der Waals surface area contributed by atoms with Crippen LogP contribution in [0.3, 0.4) is 0 Å². The van der Waals surface area contributed by atoms with Gasteiger partial charge in [-0.25, -0.2) is 0 Å². The number of benzene rings is 2. The van der Waals surface area contributed by atoms with Crippen LogP contribution >= 0.6 is 0 Å². The molecule has 0 aromatic heterocycles. The standard InChI is InChI=1S/C34H47N5O7/c1-6-22(2)30-34(44)37-28(19-24-11-15-27(46-5)16-12-24)33(43)36-23(3)31(41)35-17-7-8-18-39(29(40)21-45-4)20-25-9-13-26(14-10-25)32(42)38-30/h9-16,22-23,28,30H,6-8,17-21H2,1-5H3,(H,35,41)(H,36,43)(H,37,44)(H,38,42)/t22-,23+,28-,30?/m0/s1. The molecule has 12 nitrogen and oxygen atoms in total. The fourth-order valence-electron chi connectivity index (χ4n) is 5.06. The van der Waals surface area contributed by atoms with Crippen molar-refractivity contribution in [3.63, 3.8) is 0 Å². The van der Waals surface area contributed by atoms with Crippen LogP contribution in [0.15, 0.2) is 48.5 Å². The maximum atomic E-state index is 13.7. The molecule has 2 aromatic carbocycles. The van der Waals surface area contributed by atoms with E-state index in [1.165, 1.54) is 7.11 Å². The third kappa shape index (κ3) is 10.6. The molecule has 250 valence electrons. The topological polar surface area (TPSA) is 155 Å². The van der Waals surface area contributed by atoms with E-state index in [2.05, 4.69) is 21.3 Å². The number of hydrogen-bond acceptors (Lipinski definition) is 7. The molecule has 0 saturated carbocycles. The highest BCUT2D eigenvalue weighted by Gasteiger charge is 2.31. The van der Waals surface area contributed by atoms with E-state index in [1.807, 2.05) is 13.8 Å². The number of nitrogens with one attached hydrogen (secondary N) is 4. The van der Waals surface area contributed by atoms with Gasteiger partial charge >= 0.3 is 0 Å². The van der Waals surface area contributed by atoms with Gasteiger partial charge in [-0.2, -0.15) is 0 Å². The normalized spacial score (nSPS) is 21.2. The number of fused-ring (bicyclic) bond motifs is 18. The first-order valence-electron chi connectivity index (χ1n) is 15.7. The van der Waals surface area contributed by atoms with Gasteiger partial charge in [-0.05, 0) is 61.1 Å². The first-order valence-corrected chi connectivity index (χ1v) is 15.7. The molecule has 0 aliphatic carbocycles. The van der Waals surface area contributed by atoms with Crippen molar-refractivity contribution < 1.29 is 33.4 Å². The maximum absolute atomic E-state index is 13.7. The second kappa shape index (κ2) is 17.9. The van der Waals surface area contributed by atoms with Crippen LogP contribution in [0.4, 0.5) is 0 Å². The highest BCUT2D eigenvalue weighted by molar-refractivity contribution is 5.99. The van der Waals surface area contributed by atoms with Crippen LogP contribution in [0.1, 0.15) is 61.5 Å². The van der Waals surface area contributed by atoms with Gasteiger partial charge in [-0.1, -0.05) is 44.5 Å². The molecule has 0 radical (unpaired) electrons. The Labute approximate surface area is 271 Å². The number of ether oxygens (including phenoxy) is 2. The molecule has 4 rings (SSSR count). The Balaban J connectivity index is 1.91. The van der Waals surface area contributed by atoms with Gasteiger partial charge in [0.1, 0.15) is 30.5 Å². The van der Waals surface area contributed by atoms with E-state index < -0.39 is 35.8 Å². The molecule has 0 saturated heterocycles. The Morgan fingerprint density at radius 1 is 0.913 bits per heavy atom. The van der Waals surface area contributed by atoms with Crippen LogP contribution < -0.4 is 26.0 Å². The van der Waals surface area contributed by atoms with E-state index in [9.17, 15) is 24.0 Å². The minimum Gasteiger partial charge on any atom is -0.497 e. The average Bonchev–Trinajstić information content (AvgIpc) is 3.05. The first kappa shape index (κ1) is 36.0. The molecule has 12 heteroatoms. The molecule has 2 bridgehead atoms. The minimum atomic E-state index is -1.02. The fourth-order valence-corrected chi connectivity index (χ4v) is 5.06. The summed E-state index contributed by atoms with van der Waals surface area (Å²) in [6, 6.07) is 11.2. The molecular formula is C34H47N5O7. The van der Waals surface area contributed by atoms with Crippen LogP contribution in [0.2, 0.25) is 0 Å². The van der Waals surface area contributed by atoms with Gasteiger partial charge < -0.3 is 35.6 Å². The molecular weight excluding hydrogens is 590 g/mol. The van der Waals surface area contributed by atoms with Crippen LogP contribution in [-0.4, -0.2) is 86.5 Å². The molecule has 2 aliphatic heterocycles. The average molecular weight is 638 g/mol. The Kier molecular flexibility index (Phi) is 14.0. The summed E-state index contributed by atoms with van der Waals surface area (Å²) in [4.78, 5) is 67.9. The third-order valence-corrected chi connectivity index (χ3v) is 8.13. The van der Waals surface area contributed by atoms with E-state index >= 15 is 0 Å². The third-order valence-electron chi connectivity index (χ3n) is 8.13. The van der Waals surface area contributed by atoms with E-state index in [4.69, 9.17) is 9.47 Å². The summed E-state index contributed by atoms with van der Waals surface area (Å²) in [6.07, 6.45) is 1.98. The Hall–Kier alpha value is -4.45. The van der Waals surface area contributed by atoms with Crippen molar-refractivity contribution in [3.8, 4) is 5.75 Å². The SMILES string of the molecule is CC[C@H](C)C1NC(=O)c2ccc(cc2)CN(C(=O)COC)CCCCNC(=O)[C@@H](C)NC(=O)[C@H](Cc2ccc(OC)cc2)NC1=O. The van der Waals surface area contributed by atoms with E-state index in [1.54, 1.807) is 67.5 Å². The van der Waals surface area contributed by atoms with Gasteiger partial charge in [0.25, 0.3) is 5.91 Å². The Morgan fingerprint density at radius 3 is 2.24 bits per heavy atom. The van der Waals surface area contributed by atoms with Gasteiger partial charge in [0, 0.05) is 38.7 Å². The van der Waals surface area contributed by atoms with Crippen molar-refractivity contribution in [2.75, 3.05) is 33.9 Å². The summed E-state index contributed by atoms with van der Waals surface area (Å²) in [7, 11) is 3.02. The lowest BCUT2D eigenvalue weighted by Crippen LogP contribution is -2.58. The molecule has 2 aromatic rings. The number of methoxy groups -OCH3 is 2. The van der Waals surface area contributed by atoms with Gasteiger partial charge in [0.15, 0.2) is 0 Å². The highest BCUT2D eigenvalue weighted by atomic mass is 16.5. The van der Waals surface area contributed by atoms with Crippen molar-refractivity contribution in [3.05, 3.63) is 65.2 Å². The lowest BCUT2D eigenvalue weighted by molar-refractivity contribution is -0.136. The molecule has 1 unspecified atom stereocenters. The molecule has 5 amide bonds. The summed E-state index contributed by atoms with van der Waals surface area (Å²) < 4.78 is 10.3. The summed E-state index contributed by atoms with van der Waals surface area (Å²) in [5, 5.41) is 11.3. The quantitative estimate of drug-likeness (QED) is 0.339. The van der Waals surface area contributed by atoms with Crippen molar-refractivity contribution in [2.24, 2.45) is 5.92 Å². The summed E-state index contributed by atoms with van der Waals surface area (Å²) in [5.74, 6) is -1.62. The first-order chi connectivity index (χ1) is 22.1. The van der Waals surface area contributed by atoms with Gasteiger partial charge in [-0.15, -0.1) is 0 Å². The maximum Gasteiger partial charge on any atom is 0.251 e. The molecule has 4 atom stereocenters. The lowest BCUT2D eigenvalue weighted by Gasteiger charge is -2.27. The highest BCUT2D eigenvalue weighted by Crippen LogP contribution is 2.15. The smallest absolute Gasteiger partial charge is 0.251 e. The van der Waals surface area contributed by atoms with Crippen molar-refractivity contribution >= 4 is 29.5 Å².